The summed E-state index contributed by atoms with van der Waals surface area (Å²) in [6.45, 7) is 9.31. The average molecular weight is 459 g/mol. The topological polar surface area (TPSA) is 122 Å². The lowest BCUT2D eigenvalue weighted by Gasteiger charge is -2.45. The van der Waals surface area contributed by atoms with Crippen LogP contribution in [-0.2, 0) is 9.53 Å². The Hall–Kier alpha value is -0.770. The maximum atomic E-state index is 13.3. The molecule has 2 rings (SSSR count). The molecule has 188 valence electrons. The molecule has 0 radical (unpaired) electrons. The van der Waals surface area contributed by atoms with Crippen LogP contribution in [0.2, 0.25) is 0 Å². The van der Waals surface area contributed by atoms with E-state index in [-0.39, 0.29) is 24.5 Å². The fraction of sp³-hybridized carbons (Fsp3) is 0.958. The number of amides is 1. The lowest BCUT2D eigenvalue weighted by molar-refractivity contribution is -0.232. The van der Waals surface area contributed by atoms with E-state index in [1.54, 1.807) is 0 Å². The van der Waals surface area contributed by atoms with Crippen molar-refractivity contribution in [2.24, 2.45) is 11.8 Å². The molecule has 8 atom stereocenters. The van der Waals surface area contributed by atoms with Crippen molar-refractivity contribution >= 4 is 5.91 Å². The average Bonchev–Trinajstić information content (AvgIpc) is 3.16. The van der Waals surface area contributed by atoms with Crippen LogP contribution < -0.4 is 5.32 Å². The molecule has 0 spiro atoms. The molecule has 1 unspecified atom stereocenters. The second-order valence-electron chi connectivity index (χ2n) is 10.0. The van der Waals surface area contributed by atoms with Crippen LogP contribution in [-0.4, -0.2) is 93.5 Å². The van der Waals surface area contributed by atoms with Crippen LogP contribution in [0.5, 0.6) is 0 Å². The molecule has 2 saturated heterocycles. The summed E-state index contributed by atoms with van der Waals surface area (Å²) in [5, 5.41) is 43.9. The fourth-order valence-corrected chi connectivity index (χ4v) is 5.23. The molecule has 0 aromatic rings. The van der Waals surface area contributed by atoms with Gasteiger partial charge in [0.15, 0.2) is 0 Å². The Kier molecular flexibility index (Phi) is 11.3. The second-order valence-corrected chi connectivity index (χ2v) is 10.0. The Balaban J connectivity index is 2.10. The highest BCUT2D eigenvalue weighted by molar-refractivity contribution is 5.82. The third-order valence-corrected chi connectivity index (χ3v) is 7.10. The van der Waals surface area contributed by atoms with Gasteiger partial charge in [-0.05, 0) is 31.1 Å². The summed E-state index contributed by atoms with van der Waals surface area (Å²) < 4.78 is 6.04. The van der Waals surface area contributed by atoms with Crippen LogP contribution in [0.1, 0.15) is 72.6 Å². The Morgan fingerprint density at radius 3 is 2.38 bits per heavy atom. The van der Waals surface area contributed by atoms with Crippen molar-refractivity contribution < 1.29 is 30.0 Å². The van der Waals surface area contributed by atoms with E-state index in [2.05, 4.69) is 17.1 Å². The Bertz CT molecular complexity index is 563. The number of aliphatic hydroxyl groups is 4. The highest BCUT2D eigenvalue weighted by Crippen LogP contribution is 2.30. The largest absolute Gasteiger partial charge is 0.395 e. The van der Waals surface area contributed by atoms with Crippen LogP contribution >= 0.6 is 0 Å². The smallest absolute Gasteiger partial charge is 0.237 e. The summed E-state index contributed by atoms with van der Waals surface area (Å²) in [5.41, 5.74) is 0. The number of hydrogen-bond donors (Lipinski definition) is 5. The summed E-state index contributed by atoms with van der Waals surface area (Å²) in [6, 6.07) is -0.827. The normalized spacial score (nSPS) is 34.7. The molecule has 2 fully saturated rings. The van der Waals surface area contributed by atoms with Gasteiger partial charge in [0.1, 0.15) is 24.4 Å². The Labute approximate surface area is 193 Å². The zero-order valence-electron chi connectivity index (χ0n) is 20.3. The zero-order valence-corrected chi connectivity index (χ0v) is 20.3. The molecule has 0 aromatic heterocycles. The number of likely N-dealkylation sites (tertiary alicyclic amines) is 1. The Morgan fingerprint density at radius 2 is 1.78 bits per heavy atom. The van der Waals surface area contributed by atoms with Crippen LogP contribution in [0.3, 0.4) is 0 Å². The molecule has 1 amide bonds. The zero-order chi connectivity index (χ0) is 23.8. The van der Waals surface area contributed by atoms with Gasteiger partial charge in [0.25, 0.3) is 0 Å². The first-order valence-corrected chi connectivity index (χ1v) is 12.6. The van der Waals surface area contributed by atoms with Crippen molar-refractivity contribution in [3.8, 4) is 0 Å². The van der Waals surface area contributed by atoms with E-state index < -0.39 is 36.6 Å². The van der Waals surface area contributed by atoms with E-state index in [0.717, 1.165) is 38.6 Å². The summed E-state index contributed by atoms with van der Waals surface area (Å²) in [4.78, 5) is 15.4. The molecule has 8 nitrogen and oxygen atoms in total. The molecule has 0 bridgehead atoms. The van der Waals surface area contributed by atoms with Crippen LogP contribution in [0.4, 0.5) is 0 Å². The van der Waals surface area contributed by atoms with Gasteiger partial charge in [-0.2, -0.15) is 0 Å². The lowest BCUT2D eigenvalue weighted by Crippen LogP contribution is -2.65. The number of hydrogen-bond acceptors (Lipinski definition) is 7. The predicted molar refractivity (Wildman–Crippen MR) is 123 cm³/mol. The number of nitrogens with one attached hydrogen (secondary N) is 1. The molecule has 2 heterocycles. The van der Waals surface area contributed by atoms with Crippen molar-refractivity contribution in [3.63, 3.8) is 0 Å². The van der Waals surface area contributed by atoms with Gasteiger partial charge >= 0.3 is 0 Å². The van der Waals surface area contributed by atoms with Crippen LogP contribution in [0.15, 0.2) is 0 Å². The van der Waals surface area contributed by atoms with E-state index >= 15 is 0 Å². The standard InChI is InChI=1S/C24H46N2O6/c1-5-7-8-10-16-13-17(26(14-16)11-12-27)24(31)25-19(15(3)4)23-22(30)21(29)20(28)18(32-23)9-6-2/h15-23,27-30H,5-14H2,1-4H3,(H,25,31)/t16-,17+,18-,19?,20+,21-,22-,23-/m1/s1. The van der Waals surface area contributed by atoms with Gasteiger partial charge < -0.3 is 30.5 Å². The van der Waals surface area contributed by atoms with E-state index in [9.17, 15) is 25.2 Å². The van der Waals surface area contributed by atoms with Crippen molar-refractivity contribution in [1.29, 1.82) is 0 Å². The first-order chi connectivity index (χ1) is 15.2. The molecule has 0 aromatic carbocycles. The number of carbonyl (C=O) groups is 1. The maximum Gasteiger partial charge on any atom is 0.237 e. The van der Waals surface area contributed by atoms with Gasteiger partial charge in [0, 0.05) is 13.1 Å². The number of carbonyl (C=O) groups excluding carboxylic acids is 1. The molecular formula is C24H46N2O6. The first-order valence-electron chi connectivity index (χ1n) is 12.6. The third kappa shape index (κ3) is 6.87. The number of rotatable bonds is 12. The van der Waals surface area contributed by atoms with Crippen LogP contribution in [0, 0.1) is 11.8 Å². The minimum Gasteiger partial charge on any atom is -0.395 e. The maximum absolute atomic E-state index is 13.3. The van der Waals surface area contributed by atoms with E-state index in [1.807, 2.05) is 20.8 Å². The van der Waals surface area contributed by atoms with Crippen molar-refractivity contribution in [3.05, 3.63) is 0 Å². The molecular weight excluding hydrogens is 412 g/mol. The second kappa shape index (κ2) is 13.2. The Morgan fingerprint density at radius 1 is 1.06 bits per heavy atom. The summed E-state index contributed by atoms with van der Waals surface area (Å²) in [5.74, 6) is 0.263. The summed E-state index contributed by atoms with van der Waals surface area (Å²) >= 11 is 0. The van der Waals surface area contributed by atoms with Gasteiger partial charge in [-0.15, -0.1) is 0 Å². The van der Waals surface area contributed by atoms with Gasteiger partial charge in [0.2, 0.25) is 5.91 Å². The van der Waals surface area contributed by atoms with Crippen molar-refractivity contribution in [2.45, 2.75) is 115 Å². The predicted octanol–water partition coefficient (Wildman–Crippen LogP) is 1.04. The summed E-state index contributed by atoms with van der Waals surface area (Å²) in [7, 11) is 0. The van der Waals surface area contributed by atoms with E-state index in [0.29, 0.717) is 18.9 Å². The number of aliphatic hydroxyl groups excluding tert-OH is 4. The monoisotopic (exact) mass is 458 g/mol. The molecule has 8 heteroatoms. The minimum atomic E-state index is -1.32. The number of ether oxygens (including phenoxy) is 1. The molecule has 5 N–H and O–H groups in total. The van der Waals surface area contributed by atoms with Crippen molar-refractivity contribution in [1.82, 2.24) is 10.2 Å². The molecule has 0 aliphatic carbocycles. The van der Waals surface area contributed by atoms with Gasteiger partial charge in [-0.25, -0.2) is 0 Å². The number of nitrogens with zero attached hydrogens (tertiary/aromatic N) is 1. The van der Waals surface area contributed by atoms with Gasteiger partial charge in [-0.3, -0.25) is 9.69 Å². The highest BCUT2D eigenvalue weighted by Gasteiger charge is 2.48. The third-order valence-electron chi connectivity index (χ3n) is 7.10. The SMILES string of the molecule is CCCCC[C@@H]1C[C@@H](C(=O)NC(C(C)C)[C@H]2O[C@H](CCC)[C@H](O)[C@@H](O)[C@H]2O)N(CCO)C1. The molecule has 0 saturated carbocycles. The quantitative estimate of drug-likeness (QED) is 0.277. The lowest BCUT2D eigenvalue weighted by atomic mass is 9.85. The van der Waals surface area contributed by atoms with E-state index in [4.69, 9.17) is 4.74 Å². The van der Waals surface area contributed by atoms with Gasteiger partial charge in [-0.1, -0.05) is 53.4 Å². The van der Waals surface area contributed by atoms with Crippen molar-refractivity contribution in [2.75, 3.05) is 19.7 Å². The number of unbranched alkanes of at least 4 members (excludes halogenated alkanes) is 2. The molecule has 2 aliphatic heterocycles. The summed E-state index contributed by atoms with van der Waals surface area (Å²) in [6.07, 6.45) is 1.54. The fourth-order valence-electron chi connectivity index (χ4n) is 5.23. The number of β-amino-alcohol motifs (C(OH)–C–C–N with tert-alkyl or cyclic N) is 1. The molecule has 2 aliphatic rings. The van der Waals surface area contributed by atoms with Gasteiger partial charge in [0.05, 0.1) is 24.8 Å². The van der Waals surface area contributed by atoms with Crippen LogP contribution in [0.25, 0.3) is 0 Å². The molecule has 32 heavy (non-hydrogen) atoms. The van der Waals surface area contributed by atoms with E-state index in [1.165, 1.54) is 6.42 Å². The first kappa shape index (κ1) is 27.5. The highest BCUT2D eigenvalue weighted by atomic mass is 16.5. The minimum absolute atomic E-state index is 0.00625.